The fourth-order valence-corrected chi connectivity index (χ4v) is 2.31. The molecule has 2 rings (SSSR count). The van der Waals surface area contributed by atoms with Gasteiger partial charge in [0.15, 0.2) is 5.96 Å². The van der Waals surface area contributed by atoms with Crippen molar-refractivity contribution in [2.75, 3.05) is 19.6 Å². The van der Waals surface area contributed by atoms with Gasteiger partial charge in [-0.3, -0.25) is 4.99 Å². The van der Waals surface area contributed by atoms with Crippen LogP contribution < -0.4 is 5.73 Å². The minimum atomic E-state index is 0.703. The molecule has 1 aromatic heterocycles. The molecule has 18 heavy (non-hydrogen) atoms. The Bertz CT molecular complexity index is 388. The highest BCUT2D eigenvalue weighted by molar-refractivity contribution is 5.78. The molecule has 0 amide bonds. The van der Waals surface area contributed by atoms with Crippen molar-refractivity contribution in [1.29, 1.82) is 0 Å². The molecule has 1 saturated heterocycles. The Morgan fingerprint density at radius 2 is 2.06 bits per heavy atom. The topological polar surface area (TPSA) is 59.4 Å². The van der Waals surface area contributed by atoms with E-state index in [4.69, 9.17) is 5.73 Å². The number of rotatable bonds is 3. The van der Waals surface area contributed by atoms with Crippen LogP contribution in [-0.2, 0) is 6.54 Å². The average Bonchev–Trinajstić information content (AvgIpc) is 2.64. The predicted molar refractivity (Wildman–Crippen MR) is 73.5 cm³/mol. The fraction of sp³-hybridized carbons (Fsp3) is 0.692. The minimum Gasteiger partial charge on any atom is -0.370 e. The molecule has 0 aromatic carbocycles. The van der Waals surface area contributed by atoms with Crippen molar-refractivity contribution in [3.05, 3.63) is 18.2 Å². The van der Waals surface area contributed by atoms with Crippen molar-refractivity contribution in [3.8, 4) is 0 Å². The van der Waals surface area contributed by atoms with Crippen LogP contribution in [0.2, 0.25) is 0 Å². The molecule has 5 heteroatoms. The van der Waals surface area contributed by atoms with E-state index in [9.17, 15) is 0 Å². The number of aromatic nitrogens is 2. The van der Waals surface area contributed by atoms with Gasteiger partial charge in [0.25, 0.3) is 0 Å². The van der Waals surface area contributed by atoms with E-state index in [2.05, 4.69) is 19.4 Å². The van der Waals surface area contributed by atoms with Crippen LogP contribution in [0, 0.1) is 6.92 Å². The Kier molecular flexibility index (Phi) is 4.61. The highest BCUT2D eigenvalue weighted by Crippen LogP contribution is 2.09. The van der Waals surface area contributed by atoms with Crippen LogP contribution in [0.5, 0.6) is 0 Å². The molecule has 0 spiro atoms. The molecule has 1 fully saturated rings. The van der Waals surface area contributed by atoms with Crippen molar-refractivity contribution in [2.24, 2.45) is 10.7 Å². The summed E-state index contributed by atoms with van der Waals surface area (Å²) < 4.78 is 2.10. The summed E-state index contributed by atoms with van der Waals surface area (Å²) in [5, 5.41) is 0. The first kappa shape index (κ1) is 12.9. The SMILES string of the molecule is Cc1nccn1CCN=C(N)N1CCCCCC1. The van der Waals surface area contributed by atoms with E-state index in [1.807, 2.05) is 19.3 Å². The summed E-state index contributed by atoms with van der Waals surface area (Å²) in [6.07, 6.45) is 8.90. The summed E-state index contributed by atoms with van der Waals surface area (Å²) in [5.41, 5.74) is 6.05. The predicted octanol–water partition coefficient (Wildman–Crippen LogP) is 1.38. The third-order valence-corrected chi connectivity index (χ3v) is 3.47. The molecule has 5 nitrogen and oxygen atoms in total. The van der Waals surface area contributed by atoms with Crippen LogP contribution in [0.1, 0.15) is 31.5 Å². The second-order valence-electron chi connectivity index (χ2n) is 4.81. The fourth-order valence-electron chi connectivity index (χ4n) is 2.31. The zero-order valence-corrected chi connectivity index (χ0v) is 11.2. The maximum absolute atomic E-state index is 6.05. The largest absolute Gasteiger partial charge is 0.370 e. The molecule has 1 aliphatic heterocycles. The number of nitrogens with zero attached hydrogens (tertiary/aromatic N) is 4. The number of aliphatic imine (C=N–C) groups is 1. The van der Waals surface area contributed by atoms with E-state index in [-0.39, 0.29) is 0 Å². The maximum Gasteiger partial charge on any atom is 0.191 e. The first-order chi connectivity index (χ1) is 8.77. The number of likely N-dealkylation sites (tertiary alicyclic amines) is 1. The second-order valence-corrected chi connectivity index (χ2v) is 4.81. The van der Waals surface area contributed by atoms with Gasteiger partial charge >= 0.3 is 0 Å². The summed E-state index contributed by atoms with van der Waals surface area (Å²) in [6.45, 7) is 5.68. The number of aryl methyl sites for hydroxylation is 1. The second kappa shape index (κ2) is 6.42. The number of hydrogen-bond acceptors (Lipinski definition) is 2. The normalized spacial score (nSPS) is 17.8. The number of nitrogens with two attached hydrogens (primary N) is 1. The molecule has 0 saturated carbocycles. The molecule has 0 atom stereocenters. The molecule has 0 aliphatic carbocycles. The third kappa shape index (κ3) is 3.48. The van der Waals surface area contributed by atoms with E-state index in [1.165, 1.54) is 25.7 Å². The Hall–Kier alpha value is -1.52. The third-order valence-electron chi connectivity index (χ3n) is 3.47. The van der Waals surface area contributed by atoms with Crippen molar-refractivity contribution < 1.29 is 0 Å². The van der Waals surface area contributed by atoms with Crippen LogP contribution in [0.4, 0.5) is 0 Å². The molecule has 1 aliphatic rings. The lowest BCUT2D eigenvalue weighted by Gasteiger charge is -2.21. The summed E-state index contributed by atoms with van der Waals surface area (Å²) >= 11 is 0. The van der Waals surface area contributed by atoms with Gasteiger partial charge in [0.2, 0.25) is 0 Å². The van der Waals surface area contributed by atoms with Gasteiger partial charge < -0.3 is 15.2 Å². The van der Waals surface area contributed by atoms with E-state index in [1.54, 1.807) is 0 Å². The lowest BCUT2D eigenvalue weighted by Crippen LogP contribution is -2.38. The van der Waals surface area contributed by atoms with Crippen molar-refractivity contribution in [3.63, 3.8) is 0 Å². The molecule has 0 radical (unpaired) electrons. The molecular weight excluding hydrogens is 226 g/mol. The van der Waals surface area contributed by atoms with Gasteiger partial charge in [-0.25, -0.2) is 4.98 Å². The zero-order chi connectivity index (χ0) is 12.8. The first-order valence-corrected chi connectivity index (χ1v) is 6.80. The van der Waals surface area contributed by atoms with Crippen molar-refractivity contribution >= 4 is 5.96 Å². The average molecular weight is 249 g/mol. The lowest BCUT2D eigenvalue weighted by molar-refractivity contribution is 0.428. The summed E-state index contributed by atoms with van der Waals surface area (Å²) in [6, 6.07) is 0. The zero-order valence-electron chi connectivity index (χ0n) is 11.2. The Morgan fingerprint density at radius 1 is 1.33 bits per heavy atom. The monoisotopic (exact) mass is 249 g/mol. The number of hydrogen-bond donors (Lipinski definition) is 1. The van der Waals surface area contributed by atoms with Crippen LogP contribution >= 0.6 is 0 Å². The molecule has 2 N–H and O–H groups in total. The van der Waals surface area contributed by atoms with Gasteiger partial charge in [-0.15, -0.1) is 0 Å². The molecule has 100 valence electrons. The van der Waals surface area contributed by atoms with E-state index < -0.39 is 0 Å². The van der Waals surface area contributed by atoms with Crippen LogP contribution in [-0.4, -0.2) is 40.0 Å². The van der Waals surface area contributed by atoms with Crippen molar-refractivity contribution in [2.45, 2.75) is 39.2 Å². The van der Waals surface area contributed by atoms with E-state index in [0.29, 0.717) is 5.96 Å². The maximum atomic E-state index is 6.05. The Balaban J connectivity index is 1.82. The summed E-state index contributed by atoms with van der Waals surface area (Å²) in [7, 11) is 0. The summed E-state index contributed by atoms with van der Waals surface area (Å²) in [4.78, 5) is 10.9. The quantitative estimate of drug-likeness (QED) is 0.650. The van der Waals surface area contributed by atoms with E-state index in [0.717, 1.165) is 32.0 Å². The van der Waals surface area contributed by atoms with Gasteiger partial charge in [0, 0.05) is 32.0 Å². The van der Waals surface area contributed by atoms with Crippen LogP contribution in [0.3, 0.4) is 0 Å². The Morgan fingerprint density at radius 3 is 2.67 bits per heavy atom. The minimum absolute atomic E-state index is 0.703. The van der Waals surface area contributed by atoms with Crippen molar-refractivity contribution in [1.82, 2.24) is 14.5 Å². The lowest BCUT2D eigenvalue weighted by atomic mass is 10.2. The van der Waals surface area contributed by atoms with Crippen LogP contribution in [0.15, 0.2) is 17.4 Å². The summed E-state index contributed by atoms with van der Waals surface area (Å²) in [5.74, 6) is 1.73. The smallest absolute Gasteiger partial charge is 0.191 e. The molecule has 0 bridgehead atoms. The molecule has 2 heterocycles. The Labute approximate surface area is 109 Å². The van der Waals surface area contributed by atoms with Gasteiger partial charge in [-0.1, -0.05) is 12.8 Å². The van der Waals surface area contributed by atoms with Gasteiger partial charge in [-0.2, -0.15) is 0 Å². The standard InChI is InChI=1S/C13H23N5/c1-12-15-6-10-17(12)11-7-16-13(14)18-8-4-2-3-5-9-18/h6,10H,2-5,7-9,11H2,1H3,(H2,14,16). The van der Waals surface area contributed by atoms with Gasteiger partial charge in [0.05, 0.1) is 6.54 Å². The van der Waals surface area contributed by atoms with E-state index >= 15 is 0 Å². The highest BCUT2D eigenvalue weighted by atomic mass is 15.2. The molecule has 1 aromatic rings. The highest BCUT2D eigenvalue weighted by Gasteiger charge is 2.10. The molecular formula is C13H23N5. The number of imidazole rings is 1. The molecule has 0 unspecified atom stereocenters. The van der Waals surface area contributed by atoms with Gasteiger partial charge in [0.1, 0.15) is 5.82 Å². The van der Waals surface area contributed by atoms with Gasteiger partial charge in [-0.05, 0) is 19.8 Å². The van der Waals surface area contributed by atoms with Crippen LogP contribution in [0.25, 0.3) is 0 Å². The number of guanidine groups is 1. The first-order valence-electron chi connectivity index (χ1n) is 6.80.